The second-order valence-corrected chi connectivity index (χ2v) is 9.00. The molecule has 2 amide bonds. The molecular weight excluding hydrogens is 380 g/mol. The van der Waals surface area contributed by atoms with Gasteiger partial charge in [-0.15, -0.1) is 0 Å². The molecule has 9 heteroatoms. The molecule has 0 unspecified atom stereocenters. The summed E-state index contributed by atoms with van der Waals surface area (Å²) in [7, 11) is 0. The van der Waals surface area contributed by atoms with Gasteiger partial charge in [0, 0.05) is 49.7 Å². The van der Waals surface area contributed by atoms with E-state index >= 15 is 0 Å². The number of quaternary nitrogens is 1. The van der Waals surface area contributed by atoms with E-state index in [1.807, 2.05) is 18.7 Å². The monoisotopic (exact) mass is 407 g/mol. The molecule has 2 aliphatic rings. The Balaban J connectivity index is 1.55. The molecule has 1 spiro atoms. The number of nitrogens with zero attached hydrogens (tertiary/aromatic N) is 2. The van der Waals surface area contributed by atoms with Crippen LogP contribution in [0.2, 0.25) is 0 Å². The van der Waals surface area contributed by atoms with E-state index in [1.54, 1.807) is 4.90 Å². The second kappa shape index (κ2) is 8.48. The number of amides is 2. The molecule has 1 aromatic rings. The van der Waals surface area contributed by atoms with Gasteiger partial charge in [0.1, 0.15) is 4.87 Å². The SMILES string of the molecule is CC[C@@H](C)NC(=O)[C@H]1CSC2(CCN(C(=O)c3ccc([N+](=O)[O-])cc3)CC2)[NH2+]1. The van der Waals surface area contributed by atoms with Crippen molar-refractivity contribution in [1.82, 2.24) is 10.2 Å². The summed E-state index contributed by atoms with van der Waals surface area (Å²) in [6.45, 7) is 5.31. The van der Waals surface area contributed by atoms with Crippen LogP contribution in [-0.4, -0.2) is 57.4 Å². The summed E-state index contributed by atoms with van der Waals surface area (Å²) in [6, 6.07) is 5.85. The zero-order valence-corrected chi connectivity index (χ0v) is 17.0. The van der Waals surface area contributed by atoms with Crippen molar-refractivity contribution >= 4 is 29.3 Å². The minimum absolute atomic E-state index is 0.0205. The van der Waals surface area contributed by atoms with Gasteiger partial charge in [-0.25, -0.2) is 0 Å². The van der Waals surface area contributed by atoms with Crippen LogP contribution in [0.15, 0.2) is 24.3 Å². The molecule has 0 aromatic heterocycles. The molecule has 152 valence electrons. The highest BCUT2D eigenvalue weighted by molar-refractivity contribution is 8.00. The predicted octanol–water partition coefficient (Wildman–Crippen LogP) is 1.12. The Morgan fingerprint density at radius 2 is 2.00 bits per heavy atom. The minimum atomic E-state index is -0.472. The molecule has 28 heavy (non-hydrogen) atoms. The zero-order chi connectivity index (χ0) is 20.3. The molecule has 3 rings (SSSR count). The Kier molecular flexibility index (Phi) is 6.24. The molecule has 0 bridgehead atoms. The molecule has 0 saturated carbocycles. The highest BCUT2D eigenvalue weighted by Crippen LogP contribution is 2.34. The van der Waals surface area contributed by atoms with Crippen LogP contribution in [0.25, 0.3) is 0 Å². The van der Waals surface area contributed by atoms with Gasteiger partial charge in [0.2, 0.25) is 0 Å². The van der Waals surface area contributed by atoms with Gasteiger partial charge in [0.15, 0.2) is 6.04 Å². The van der Waals surface area contributed by atoms with Crippen LogP contribution in [0.1, 0.15) is 43.5 Å². The summed E-state index contributed by atoms with van der Waals surface area (Å²) in [5.74, 6) is 0.792. The number of nitrogens with two attached hydrogens (primary N) is 1. The number of nitrogens with one attached hydrogen (secondary N) is 1. The van der Waals surface area contributed by atoms with Gasteiger partial charge in [0.05, 0.1) is 10.7 Å². The Labute approximate surface area is 168 Å². The quantitative estimate of drug-likeness (QED) is 0.562. The van der Waals surface area contributed by atoms with E-state index < -0.39 is 4.92 Å². The van der Waals surface area contributed by atoms with Crippen LogP contribution in [0, 0.1) is 10.1 Å². The number of piperidine rings is 1. The fourth-order valence-electron chi connectivity index (χ4n) is 3.63. The Bertz CT molecular complexity index is 747. The van der Waals surface area contributed by atoms with Crippen molar-refractivity contribution in [1.29, 1.82) is 0 Å². The van der Waals surface area contributed by atoms with Crippen LogP contribution in [0.4, 0.5) is 5.69 Å². The first-order valence-electron chi connectivity index (χ1n) is 9.67. The lowest BCUT2D eigenvalue weighted by Gasteiger charge is -2.36. The maximum Gasteiger partial charge on any atom is 0.279 e. The topological polar surface area (TPSA) is 109 Å². The number of carbonyl (C=O) groups is 2. The summed E-state index contributed by atoms with van der Waals surface area (Å²) in [6.07, 6.45) is 2.56. The number of benzene rings is 1. The van der Waals surface area contributed by atoms with Gasteiger partial charge in [-0.2, -0.15) is 0 Å². The lowest BCUT2D eigenvalue weighted by Crippen LogP contribution is -3.00. The maximum atomic E-state index is 12.7. The van der Waals surface area contributed by atoms with E-state index in [4.69, 9.17) is 0 Å². The minimum Gasteiger partial charge on any atom is -0.348 e. The van der Waals surface area contributed by atoms with Crippen molar-refractivity contribution in [3.05, 3.63) is 39.9 Å². The first kappa shape index (κ1) is 20.6. The van der Waals surface area contributed by atoms with Crippen molar-refractivity contribution < 1.29 is 19.8 Å². The third kappa shape index (κ3) is 4.47. The summed E-state index contributed by atoms with van der Waals surface area (Å²) in [5.41, 5.74) is 0.447. The third-order valence-electron chi connectivity index (χ3n) is 5.62. The van der Waals surface area contributed by atoms with Crippen molar-refractivity contribution in [3.63, 3.8) is 0 Å². The molecule has 2 atom stereocenters. The molecule has 0 radical (unpaired) electrons. The summed E-state index contributed by atoms with van der Waals surface area (Å²) < 4.78 is 0. The number of thioether (sulfide) groups is 1. The molecule has 2 aliphatic heterocycles. The van der Waals surface area contributed by atoms with Crippen LogP contribution < -0.4 is 10.6 Å². The molecule has 2 heterocycles. The number of nitro benzene ring substituents is 1. The van der Waals surface area contributed by atoms with Gasteiger partial charge in [0.25, 0.3) is 17.5 Å². The number of rotatable bonds is 5. The third-order valence-corrected chi connectivity index (χ3v) is 7.26. The summed E-state index contributed by atoms with van der Waals surface area (Å²) in [4.78, 5) is 37.1. The van der Waals surface area contributed by atoms with E-state index in [0.29, 0.717) is 18.7 Å². The van der Waals surface area contributed by atoms with Gasteiger partial charge in [-0.1, -0.05) is 18.7 Å². The molecule has 2 saturated heterocycles. The number of non-ortho nitro benzene ring substituents is 1. The standard InChI is InChI=1S/C19H26N4O4S/c1-3-13(2)20-17(24)16-12-28-19(21-16)8-10-22(11-9-19)18(25)14-4-6-15(7-5-14)23(26)27/h4-7,13,16,21H,3,8-12H2,1-2H3,(H,20,24)/p+1/t13-,16-/m1/s1. The maximum absolute atomic E-state index is 12.7. The van der Waals surface area contributed by atoms with Gasteiger partial charge < -0.3 is 15.5 Å². The largest absolute Gasteiger partial charge is 0.348 e. The number of hydrogen-bond donors (Lipinski definition) is 2. The van der Waals surface area contributed by atoms with Crippen LogP contribution in [-0.2, 0) is 4.79 Å². The van der Waals surface area contributed by atoms with E-state index in [0.717, 1.165) is 25.0 Å². The Hall–Kier alpha value is -2.13. The summed E-state index contributed by atoms with van der Waals surface area (Å²) >= 11 is 1.82. The Morgan fingerprint density at radius 1 is 1.36 bits per heavy atom. The fraction of sp³-hybridized carbons (Fsp3) is 0.579. The first-order valence-corrected chi connectivity index (χ1v) is 10.7. The molecule has 8 nitrogen and oxygen atoms in total. The molecule has 1 aromatic carbocycles. The molecule has 2 fully saturated rings. The number of nitro groups is 1. The van der Waals surface area contributed by atoms with Gasteiger partial charge in [-0.3, -0.25) is 19.7 Å². The number of hydrogen-bond acceptors (Lipinski definition) is 5. The average molecular weight is 408 g/mol. The van der Waals surface area contributed by atoms with Crippen molar-refractivity contribution in [2.75, 3.05) is 18.8 Å². The fourth-order valence-corrected chi connectivity index (χ4v) is 5.12. The lowest BCUT2D eigenvalue weighted by molar-refractivity contribution is -0.714. The van der Waals surface area contributed by atoms with E-state index in [2.05, 4.69) is 17.6 Å². The molecular formula is C19H27N4O4S+. The van der Waals surface area contributed by atoms with Crippen LogP contribution >= 0.6 is 11.8 Å². The van der Waals surface area contributed by atoms with Crippen molar-refractivity contribution in [2.24, 2.45) is 0 Å². The lowest BCUT2D eigenvalue weighted by atomic mass is 10.0. The average Bonchev–Trinajstić information content (AvgIpc) is 3.11. The normalized spacial score (nSPS) is 22.1. The van der Waals surface area contributed by atoms with Crippen molar-refractivity contribution in [2.45, 2.75) is 50.1 Å². The van der Waals surface area contributed by atoms with Crippen molar-refractivity contribution in [3.8, 4) is 0 Å². The van der Waals surface area contributed by atoms with Gasteiger partial charge >= 0.3 is 0 Å². The van der Waals surface area contributed by atoms with E-state index in [9.17, 15) is 19.7 Å². The number of likely N-dealkylation sites (tertiary alicyclic amines) is 1. The van der Waals surface area contributed by atoms with Crippen LogP contribution in [0.5, 0.6) is 0 Å². The first-order chi connectivity index (χ1) is 13.3. The zero-order valence-electron chi connectivity index (χ0n) is 16.2. The van der Waals surface area contributed by atoms with Crippen LogP contribution in [0.3, 0.4) is 0 Å². The smallest absolute Gasteiger partial charge is 0.279 e. The second-order valence-electron chi connectivity index (χ2n) is 7.56. The van der Waals surface area contributed by atoms with Gasteiger partial charge in [-0.05, 0) is 25.5 Å². The highest BCUT2D eigenvalue weighted by Gasteiger charge is 2.48. The molecule has 3 N–H and O–H groups in total. The Morgan fingerprint density at radius 3 is 2.57 bits per heavy atom. The number of carbonyl (C=O) groups excluding carboxylic acids is 2. The highest BCUT2D eigenvalue weighted by atomic mass is 32.2. The van der Waals surface area contributed by atoms with E-state index in [1.165, 1.54) is 24.3 Å². The molecule has 0 aliphatic carbocycles. The summed E-state index contributed by atoms with van der Waals surface area (Å²) in [5, 5.41) is 16.0. The van der Waals surface area contributed by atoms with E-state index in [-0.39, 0.29) is 34.5 Å². The predicted molar refractivity (Wildman–Crippen MR) is 107 cm³/mol.